The van der Waals surface area contributed by atoms with Gasteiger partial charge in [0.25, 0.3) is 0 Å². The van der Waals surface area contributed by atoms with E-state index in [2.05, 4.69) is 40.3 Å². The van der Waals surface area contributed by atoms with E-state index in [4.69, 9.17) is 9.47 Å². The van der Waals surface area contributed by atoms with Crippen molar-refractivity contribution in [1.82, 2.24) is 0 Å². The molecule has 0 aliphatic heterocycles. The second-order valence-electron chi connectivity index (χ2n) is 4.49. The molecule has 106 valence electrons. The molecule has 0 aliphatic rings. The zero-order chi connectivity index (χ0) is 14.5. The highest BCUT2D eigenvalue weighted by Gasteiger charge is 2.06. The standard InChI is InChI=1S/C16H18BrNO2/c1-11-4-6-13(17)8-15(11)18-10-12-5-7-14(19-2)9-16(12)20-3/h4-9,18H,10H2,1-3H3. The van der Waals surface area contributed by atoms with Gasteiger partial charge in [0.1, 0.15) is 11.5 Å². The van der Waals surface area contributed by atoms with Gasteiger partial charge in [-0.3, -0.25) is 0 Å². The van der Waals surface area contributed by atoms with Crippen LogP contribution in [-0.4, -0.2) is 14.2 Å². The molecule has 2 rings (SSSR count). The van der Waals surface area contributed by atoms with Crippen molar-refractivity contribution in [1.29, 1.82) is 0 Å². The third-order valence-electron chi connectivity index (χ3n) is 3.16. The predicted molar refractivity (Wildman–Crippen MR) is 85.8 cm³/mol. The summed E-state index contributed by atoms with van der Waals surface area (Å²) in [5.41, 5.74) is 3.41. The minimum absolute atomic E-state index is 0.699. The van der Waals surface area contributed by atoms with Gasteiger partial charge >= 0.3 is 0 Å². The fourth-order valence-electron chi connectivity index (χ4n) is 1.97. The van der Waals surface area contributed by atoms with Crippen LogP contribution in [0.15, 0.2) is 40.9 Å². The van der Waals surface area contributed by atoms with Crippen LogP contribution in [0.5, 0.6) is 11.5 Å². The highest BCUT2D eigenvalue weighted by Crippen LogP contribution is 2.26. The van der Waals surface area contributed by atoms with Crippen LogP contribution in [0.1, 0.15) is 11.1 Å². The smallest absolute Gasteiger partial charge is 0.127 e. The average Bonchev–Trinajstić information content (AvgIpc) is 2.48. The van der Waals surface area contributed by atoms with Crippen molar-refractivity contribution >= 4 is 21.6 Å². The highest BCUT2D eigenvalue weighted by molar-refractivity contribution is 9.10. The zero-order valence-corrected chi connectivity index (χ0v) is 13.5. The van der Waals surface area contributed by atoms with E-state index in [9.17, 15) is 0 Å². The van der Waals surface area contributed by atoms with Gasteiger partial charge in [0, 0.05) is 28.3 Å². The van der Waals surface area contributed by atoms with Gasteiger partial charge in [0.05, 0.1) is 14.2 Å². The molecule has 2 aromatic rings. The summed E-state index contributed by atoms with van der Waals surface area (Å²) in [5.74, 6) is 1.62. The maximum absolute atomic E-state index is 5.40. The molecule has 0 heterocycles. The van der Waals surface area contributed by atoms with E-state index in [-0.39, 0.29) is 0 Å². The van der Waals surface area contributed by atoms with Gasteiger partial charge in [-0.25, -0.2) is 0 Å². The van der Waals surface area contributed by atoms with Crippen molar-refractivity contribution in [2.24, 2.45) is 0 Å². The summed E-state index contributed by atoms with van der Waals surface area (Å²) in [5, 5.41) is 3.43. The number of methoxy groups -OCH3 is 2. The maximum Gasteiger partial charge on any atom is 0.127 e. The molecule has 4 heteroatoms. The molecule has 2 aromatic carbocycles. The van der Waals surface area contributed by atoms with E-state index in [0.29, 0.717) is 6.54 Å². The van der Waals surface area contributed by atoms with Crippen LogP contribution >= 0.6 is 15.9 Å². The molecule has 20 heavy (non-hydrogen) atoms. The van der Waals surface area contributed by atoms with Gasteiger partial charge < -0.3 is 14.8 Å². The summed E-state index contributed by atoms with van der Waals surface area (Å²) in [6, 6.07) is 12.0. The first-order chi connectivity index (χ1) is 9.63. The van der Waals surface area contributed by atoms with E-state index < -0.39 is 0 Å². The van der Waals surface area contributed by atoms with E-state index in [1.807, 2.05) is 24.3 Å². The van der Waals surface area contributed by atoms with Gasteiger partial charge in [-0.1, -0.05) is 22.0 Å². The van der Waals surface area contributed by atoms with E-state index in [0.717, 1.165) is 27.2 Å². The van der Waals surface area contributed by atoms with Gasteiger partial charge in [-0.2, -0.15) is 0 Å². The number of benzene rings is 2. The minimum atomic E-state index is 0.699. The van der Waals surface area contributed by atoms with Crippen LogP contribution in [0.2, 0.25) is 0 Å². The Morgan fingerprint density at radius 3 is 2.55 bits per heavy atom. The van der Waals surface area contributed by atoms with Gasteiger partial charge in [-0.05, 0) is 36.8 Å². The van der Waals surface area contributed by atoms with Gasteiger partial charge in [0.15, 0.2) is 0 Å². The van der Waals surface area contributed by atoms with Crippen molar-refractivity contribution in [2.75, 3.05) is 19.5 Å². The van der Waals surface area contributed by atoms with Crippen LogP contribution in [0, 0.1) is 6.92 Å². The van der Waals surface area contributed by atoms with Gasteiger partial charge in [0.2, 0.25) is 0 Å². The molecule has 0 atom stereocenters. The molecular formula is C16H18BrNO2. The Morgan fingerprint density at radius 1 is 1.05 bits per heavy atom. The molecule has 0 aromatic heterocycles. The summed E-state index contributed by atoms with van der Waals surface area (Å²) < 4.78 is 11.7. The number of rotatable bonds is 5. The van der Waals surface area contributed by atoms with E-state index in [1.54, 1.807) is 14.2 Å². The fraction of sp³-hybridized carbons (Fsp3) is 0.250. The Balaban J connectivity index is 2.16. The summed E-state index contributed by atoms with van der Waals surface area (Å²) in [6.07, 6.45) is 0. The van der Waals surface area contributed by atoms with Gasteiger partial charge in [-0.15, -0.1) is 0 Å². The summed E-state index contributed by atoms with van der Waals surface area (Å²) in [7, 11) is 3.32. The maximum atomic E-state index is 5.40. The number of halogens is 1. The Kier molecular flexibility index (Phi) is 4.90. The van der Waals surface area contributed by atoms with Crippen LogP contribution in [0.25, 0.3) is 0 Å². The Hall–Kier alpha value is -1.68. The lowest BCUT2D eigenvalue weighted by molar-refractivity contribution is 0.391. The number of anilines is 1. The largest absolute Gasteiger partial charge is 0.497 e. The summed E-state index contributed by atoms with van der Waals surface area (Å²) in [6.45, 7) is 2.78. The molecule has 0 spiro atoms. The second kappa shape index (κ2) is 6.66. The molecular weight excluding hydrogens is 318 g/mol. The van der Waals surface area contributed by atoms with Crippen molar-refractivity contribution in [3.63, 3.8) is 0 Å². The highest BCUT2D eigenvalue weighted by atomic mass is 79.9. The Labute approximate surface area is 128 Å². The SMILES string of the molecule is COc1ccc(CNc2cc(Br)ccc2C)c(OC)c1. The number of hydrogen-bond donors (Lipinski definition) is 1. The van der Waals surface area contributed by atoms with Crippen molar-refractivity contribution in [2.45, 2.75) is 13.5 Å². The van der Waals surface area contributed by atoms with Crippen LogP contribution in [0.3, 0.4) is 0 Å². The number of ether oxygens (including phenoxy) is 2. The number of aryl methyl sites for hydroxylation is 1. The lowest BCUT2D eigenvalue weighted by Crippen LogP contribution is -2.03. The molecule has 0 radical (unpaired) electrons. The number of hydrogen-bond acceptors (Lipinski definition) is 3. The quantitative estimate of drug-likeness (QED) is 0.879. The molecule has 0 unspecified atom stereocenters. The molecule has 0 bridgehead atoms. The predicted octanol–water partition coefficient (Wildman–Crippen LogP) is 4.39. The topological polar surface area (TPSA) is 30.5 Å². The van der Waals surface area contributed by atoms with E-state index >= 15 is 0 Å². The zero-order valence-electron chi connectivity index (χ0n) is 11.9. The second-order valence-corrected chi connectivity index (χ2v) is 5.41. The third-order valence-corrected chi connectivity index (χ3v) is 3.66. The summed E-state index contributed by atoms with van der Waals surface area (Å²) in [4.78, 5) is 0. The molecule has 0 amide bonds. The lowest BCUT2D eigenvalue weighted by Gasteiger charge is -2.13. The van der Waals surface area contributed by atoms with Crippen LogP contribution in [-0.2, 0) is 6.54 Å². The average molecular weight is 336 g/mol. The van der Waals surface area contributed by atoms with Crippen LogP contribution in [0.4, 0.5) is 5.69 Å². The molecule has 0 fully saturated rings. The molecule has 0 aliphatic carbocycles. The van der Waals surface area contributed by atoms with Crippen molar-refractivity contribution in [3.05, 3.63) is 52.0 Å². The first kappa shape index (κ1) is 14.7. The third kappa shape index (κ3) is 3.45. The normalized spacial score (nSPS) is 10.2. The minimum Gasteiger partial charge on any atom is -0.497 e. The Bertz CT molecular complexity index is 599. The fourth-order valence-corrected chi connectivity index (χ4v) is 2.33. The molecule has 1 N–H and O–H groups in total. The van der Waals surface area contributed by atoms with Crippen molar-refractivity contribution in [3.8, 4) is 11.5 Å². The van der Waals surface area contributed by atoms with Crippen LogP contribution < -0.4 is 14.8 Å². The monoisotopic (exact) mass is 335 g/mol. The summed E-state index contributed by atoms with van der Waals surface area (Å²) >= 11 is 3.49. The lowest BCUT2D eigenvalue weighted by atomic mass is 10.1. The first-order valence-electron chi connectivity index (χ1n) is 6.35. The van der Waals surface area contributed by atoms with E-state index in [1.165, 1.54) is 5.56 Å². The van der Waals surface area contributed by atoms with Crippen molar-refractivity contribution < 1.29 is 9.47 Å². The molecule has 3 nitrogen and oxygen atoms in total. The number of nitrogens with one attached hydrogen (secondary N) is 1. The molecule has 0 saturated heterocycles. The first-order valence-corrected chi connectivity index (χ1v) is 7.14. The molecule has 0 saturated carbocycles. The Morgan fingerprint density at radius 2 is 1.85 bits per heavy atom.